The first-order valence-corrected chi connectivity index (χ1v) is 7.38. The number of carbonyl (C=O) groups is 1. The smallest absolute Gasteiger partial charge is 0.319 e. The van der Waals surface area contributed by atoms with Crippen molar-refractivity contribution in [3.8, 4) is 5.75 Å². The Labute approximate surface area is 129 Å². The molecule has 6 heteroatoms. The molecular formula is C15H21ClN2O3. The first-order chi connectivity index (χ1) is 9.98. The number of urea groups is 1. The number of nitrogens with one attached hydrogen (secondary N) is 2. The monoisotopic (exact) mass is 312 g/mol. The van der Waals surface area contributed by atoms with Crippen LogP contribution in [0.25, 0.3) is 0 Å². The summed E-state index contributed by atoms with van der Waals surface area (Å²) >= 11 is 5.93. The van der Waals surface area contributed by atoms with Crippen LogP contribution < -0.4 is 15.4 Å². The van der Waals surface area contributed by atoms with Gasteiger partial charge in [0.2, 0.25) is 0 Å². The van der Waals surface area contributed by atoms with E-state index >= 15 is 0 Å². The number of methoxy groups -OCH3 is 1. The van der Waals surface area contributed by atoms with Gasteiger partial charge in [-0.25, -0.2) is 4.79 Å². The maximum atomic E-state index is 12.1. The minimum Gasteiger partial charge on any atom is -0.495 e. The third-order valence-corrected chi connectivity index (χ3v) is 4.39. The lowest BCUT2D eigenvalue weighted by atomic mass is 9.86. The number of carbonyl (C=O) groups excluding carboxylic acids is 1. The average molecular weight is 313 g/mol. The maximum absolute atomic E-state index is 12.1. The molecule has 3 N–H and O–H groups in total. The molecule has 116 valence electrons. The standard InChI is InChI=1S/C15H21ClN2O3/c1-15(9-19)7-3-4-13(15)18-14(20)17-11-8-10(16)5-6-12(11)21-2/h5-6,8,13,19H,3-4,7,9H2,1-2H3,(H2,17,18,20). The number of anilines is 1. The Hall–Kier alpha value is -1.46. The summed E-state index contributed by atoms with van der Waals surface area (Å²) in [5.74, 6) is 0.547. The van der Waals surface area contributed by atoms with E-state index in [9.17, 15) is 9.90 Å². The van der Waals surface area contributed by atoms with E-state index in [1.807, 2.05) is 6.92 Å². The molecule has 0 heterocycles. The predicted octanol–water partition coefficient (Wildman–Crippen LogP) is 3.02. The summed E-state index contributed by atoms with van der Waals surface area (Å²) in [4.78, 5) is 12.1. The lowest BCUT2D eigenvalue weighted by molar-refractivity contribution is 0.122. The number of hydrogen-bond acceptors (Lipinski definition) is 3. The fourth-order valence-corrected chi connectivity index (χ4v) is 2.94. The van der Waals surface area contributed by atoms with Gasteiger partial charge in [0, 0.05) is 16.5 Å². The van der Waals surface area contributed by atoms with E-state index < -0.39 is 0 Å². The summed E-state index contributed by atoms with van der Waals surface area (Å²) in [6.07, 6.45) is 2.79. The fourth-order valence-electron chi connectivity index (χ4n) is 2.76. The van der Waals surface area contributed by atoms with Crippen molar-refractivity contribution in [2.45, 2.75) is 32.2 Å². The van der Waals surface area contributed by atoms with Crippen molar-refractivity contribution in [1.29, 1.82) is 0 Å². The van der Waals surface area contributed by atoms with Crippen molar-refractivity contribution >= 4 is 23.3 Å². The van der Waals surface area contributed by atoms with E-state index in [1.54, 1.807) is 18.2 Å². The topological polar surface area (TPSA) is 70.6 Å². The summed E-state index contributed by atoms with van der Waals surface area (Å²) in [6.45, 7) is 2.06. The van der Waals surface area contributed by atoms with Crippen LogP contribution in [0.4, 0.5) is 10.5 Å². The van der Waals surface area contributed by atoms with E-state index in [4.69, 9.17) is 16.3 Å². The molecule has 1 fully saturated rings. The molecule has 0 spiro atoms. The van der Waals surface area contributed by atoms with Gasteiger partial charge in [-0.1, -0.05) is 24.9 Å². The second-order valence-corrected chi connectivity index (χ2v) is 6.14. The van der Waals surface area contributed by atoms with Gasteiger partial charge in [0.1, 0.15) is 5.75 Å². The summed E-state index contributed by atoms with van der Waals surface area (Å²) in [6, 6.07) is 4.68. The molecule has 1 saturated carbocycles. The normalized spacial score (nSPS) is 24.7. The lowest BCUT2D eigenvalue weighted by Crippen LogP contribution is -2.46. The molecular weight excluding hydrogens is 292 g/mol. The van der Waals surface area contributed by atoms with E-state index in [-0.39, 0.29) is 24.1 Å². The number of ether oxygens (including phenoxy) is 1. The van der Waals surface area contributed by atoms with Crippen LogP contribution in [0.2, 0.25) is 5.02 Å². The fraction of sp³-hybridized carbons (Fsp3) is 0.533. The SMILES string of the molecule is COc1ccc(Cl)cc1NC(=O)NC1CCCC1(C)CO. The van der Waals surface area contributed by atoms with Crippen LogP contribution in [0.5, 0.6) is 5.75 Å². The summed E-state index contributed by atoms with van der Waals surface area (Å²) in [5, 5.41) is 15.7. The predicted molar refractivity (Wildman–Crippen MR) is 83.0 cm³/mol. The van der Waals surface area contributed by atoms with Crippen LogP contribution in [0.3, 0.4) is 0 Å². The van der Waals surface area contributed by atoms with Crippen molar-refractivity contribution in [1.82, 2.24) is 5.32 Å². The molecule has 2 unspecified atom stereocenters. The molecule has 0 aromatic heterocycles. The van der Waals surface area contributed by atoms with Crippen molar-refractivity contribution in [2.24, 2.45) is 5.41 Å². The minimum atomic E-state index is -0.317. The number of halogens is 1. The zero-order valence-corrected chi connectivity index (χ0v) is 13.0. The molecule has 5 nitrogen and oxygen atoms in total. The van der Waals surface area contributed by atoms with E-state index in [1.165, 1.54) is 7.11 Å². The van der Waals surface area contributed by atoms with Crippen molar-refractivity contribution in [3.05, 3.63) is 23.2 Å². The number of aliphatic hydroxyl groups excluding tert-OH is 1. The molecule has 1 aromatic rings. The molecule has 0 aliphatic heterocycles. The Morgan fingerprint density at radius 1 is 1.57 bits per heavy atom. The first kappa shape index (κ1) is 15.9. The largest absolute Gasteiger partial charge is 0.495 e. The number of amides is 2. The van der Waals surface area contributed by atoms with Gasteiger partial charge in [-0.15, -0.1) is 0 Å². The molecule has 0 saturated heterocycles. The van der Waals surface area contributed by atoms with Crippen LogP contribution in [0.15, 0.2) is 18.2 Å². The Morgan fingerprint density at radius 2 is 2.33 bits per heavy atom. The van der Waals surface area contributed by atoms with Gasteiger partial charge >= 0.3 is 6.03 Å². The summed E-state index contributed by atoms with van der Waals surface area (Å²) in [5.41, 5.74) is 0.265. The van der Waals surface area contributed by atoms with Crippen molar-refractivity contribution in [2.75, 3.05) is 19.0 Å². The molecule has 2 amide bonds. The van der Waals surface area contributed by atoms with Gasteiger partial charge in [0.05, 0.1) is 19.4 Å². The maximum Gasteiger partial charge on any atom is 0.319 e. The molecule has 2 atom stereocenters. The van der Waals surface area contributed by atoms with Crippen molar-refractivity contribution < 1.29 is 14.6 Å². The number of hydrogen-bond donors (Lipinski definition) is 3. The molecule has 2 rings (SSSR count). The lowest BCUT2D eigenvalue weighted by Gasteiger charge is -2.30. The highest BCUT2D eigenvalue weighted by atomic mass is 35.5. The van der Waals surface area contributed by atoms with Crippen LogP contribution in [-0.2, 0) is 0 Å². The highest BCUT2D eigenvalue weighted by molar-refractivity contribution is 6.31. The van der Waals surface area contributed by atoms with Gasteiger partial charge in [-0.3, -0.25) is 0 Å². The average Bonchev–Trinajstić information content (AvgIpc) is 2.81. The quantitative estimate of drug-likeness (QED) is 0.800. The van der Waals surface area contributed by atoms with E-state index in [0.29, 0.717) is 16.5 Å². The molecule has 0 bridgehead atoms. The molecule has 1 aromatic carbocycles. The Balaban J connectivity index is 2.04. The highest BCUT2D eigenvalue weighted by Crippen LogP contribution is 2.37. The number of benzene rings is 1. The van der Waals surface area contributed by atoms with Gasteiger partial charge in [-0.2, -0.15) is 0 Å². The molecule has 21 heavy (non-hydrogen) atoms. The molecule has 1 aliphatic rings. The summed E-state index contributed by atoms with van der Waals surface area (Å²) in [7, 11) is 1.53. The van der Waals surface area contributed by atoms with Gasteiger partial charge in [0.15, 0.2) is 0 Å². The first-order valence-electron chi connectivity index (χ1n) is 7.00. The third-order valence-electron chi connectivity index (χ3n) is 4.16. The zero-order valence-electron chi connectivity index (χ0n) is 12.3. The second-order valence-electron chi connectivity index (χ2n) is 5.70. The van der Waals surface area contributed by atoms with Crippen LogP contribution >= 0.6 is 11.6 Å². The van der Waals surface area contributed by atoms with Crippen LogP contribution in [0.1, 0.15) is 26.2 Å². The summed E-state index contributed by atoms with van der Waals surface area (Å²) < 4.78 is 5.19. The van der Waals surface area contributed by atoms with Gasteiger partial charge in [-0.05, 0) is 31.0 Å². The molecule has 1 aliphatic carbocycles. The Bertz CT molecular complexity index is 524. The van der Waals surface area contributed by atoms with Gasteiger partial charge in [0.25, 0.3) is 0 Å². The minimum absolute atomic E-state index is 0.0346. The van der Waals surface area contributed by atoms with Crippen LogP contribution in [-0.4, -0.2) is 30.9 Å². The van der Waals surface area contributed by atoms with E-state index in [0.717, 1.165) is 19.3 Å². The third kappa shape index (κ3) is 3.60. The molecule has 0 radical (unpaired) electrons. The van der Waals surface area contributed by atoms with Gasteiger partial charge < -0.3 is 20.5 Å². The van der Waals surface area contributed by atoms with Crippen molar-refractivity contribution in [3.63, 3.8) is 0 Å². The Morgan fingerprint density at radius 3 is 3.00 bits per heavy atom. The second kappa shape index (κ2) is 6.54. The highest BCUT2D eigenvalue weighted by Gasteiger charge is 2.39. The number of rotatable bonds is 4. The van der Waals surface area contributed by atoms with Crippen LogP contribution in [0, 0.1) is 5.41 Å². The Kier molecular flexibility index (Phi) is 4.96. The zero-order chi connectivity index (χ0) is 15.5. The number of aliphatic hydroxyl groups is 1. The van der Waals surface area contributed by atoms with E-state index in [2.05, 4.69) is 10.6 Å².